The van der Waals surface area contributed by atoms with Crippen LogP contribution in [0.4, 0.5) is 0 Å². The number of furan rings is 1. The molecule has 1 heterocycles. The highest BCUT2D eigenvalue weighted by Crippen LogP contribution is 2.22. The summed E-state index contributed by atoms with van der Waals surface area (Å²) in [6, 6.07) is 2.67. The minimum absolute atomic E-state index is 0.628. The quantitative estimate of drug-likeness (QED) is 0.559. The van der Waals surface area contributed by atoms with E-state index in [-0.39, 0.29) is 0 Å². The molecule has 1 rings (SSSR count). The van der Waals surface area contributed by atoms with E-state index in [4.69, 9.17) is 4.42 Å². The third kappa shape index (κ3) is 6.18. The van der Waals surface area contributed by atoms with Gasteiger partial charge in [0, 0.05) is 23.2 Å². The van der Waals surface area contributed by atoms with Gasteiger partial charge in [0.2, 0.25) is 0 Å². The molecule has 0 saturated heterocycles. The Morgan fingerprint density at radius 3 is 2.65 bits per heavy atom. The molecule has 0 bridgehead atoms. The fraction of sp³-hybridized carbons (Fsp3) is 0.714. The number of hydrogen-bond acceptors (Lipinski definition) is 3. The van der Waals surface area contributed by atoms with Crippen LogP contribution in [0.1, 0.15) is 39.4 Å². The van der Waals surface area contributed by atoms with Gasteiger partial charge in [0.25, 0.3) is 0 Å². The Kier molecular flexibility index (Phi) is 6.75. The van der Waals surface area contributed by atoms with Gasteiger partial charge >= 0.3 is 0 Å². The van der Waals surface area contributed by atoms with Crippen LogP contribution in [-0.2, 0) is 0 Å². The molecule has 17 heavy (non-hydrogen) atoms. The number of rotatable bonds is 8. The Bertz CT molecular complexity index is 309. The predicted molar refractivity (Wildman–Crippen MR) is 75.7 cm³/mol. The third-order valence-corrected chi connectivity index (χ3v) is 3.98. The monoisotopic (exact) mass is 255 g/mol. The van der Waals surface area contributed by atoms with Crippen molar-refractivity contribution >= 4 is 11.8 Å². The second kappa shape index (κ2) is 7.83. The molecular formula is C14H25NOS. The molecule has 0 radical (unpaired) electrons. The first-order valence-electron chi connectivity index (χ1n) is 6.50. The SMILES string of the molecule is Cc1occc1SCCNC(C)CCC(C)C. The van der Waals surface area contributed by atoms with Crippen molar-refractivity contribution in [2.45, 2.75) is 51.5 Å². The van der Waals surface area contributed by atoms with Crippen molar-refractivity contribution in [1.82, 2.24) is 5.32 Å². The Hall–Kier alpha value is -0.410. The first-order chi connectivity index (χ1) is 8.09. The molecule has 1 aromatic rings. The van der Waals surface area contributed by atoms with E-state index < -0.39 is 0 Å². The van der Waals surface area contributed by atoms with E-state index in [9.17, 15) is 0 Å². The summed E-state index contributed by atoms with van der Waals surface area (Å²) in [7, 11) is 0. The Balaban J connectivity index is 2.06. The zero-order valence-corrected chi connectivity index (χ0v) is 12.3. The van der Waals surface area contributed by atoms with Crippen molar-refractivity contribution in [3.8, 4) is 0 Å². The van der Waals surface area contributed by atoms with Crippen LogP contribution in [0.3, 0.4) is 0 Å². The van der Waals surface area contributed by atoms with Gasteiger partial charge in [-0.1, -0.05) is 13.8 Å². The van der Waals surface area contributed by atoms with Gasteiger partial charge in [-0.05, 0) is 38.7 Å². The van der Waals surface area contributed by atoms with Gasteiger partial charge in [-0.3, -0.25) is 0 Å². The predicted octanol–water partition coefficient (Wildman–Crippen LogP) is 4.09. The van der Waals surface area contributed by atoms with Crippen LogP contribution in [0.25, 0.3) is 0 Å². The van der Waals surface area contributed by atoms with Crippen LogP contribution in [0.15, 0.2) is 21.6 Å². The van der Waals surface area contributed by atoms with Crippen LogP contribution in [0.5, 0.6) is 0 Å². The maximum atomic E-state index is 5.27. The molecular weight excluding hydrogens is 230 g/mol. The largest absolute Gasteiger partial charge is 0.468 e. The van der Waals surface area contributed by atoms with Gasteiger partial charge in [0.1, 0.15) is 5.76 Å². The van der Waals surface area contributed by atoms with Crippen molar-refractivity contribution < 1.29 is 4.42 Å². The molecule has 0 spiro atoms. The van der Waals surface area contributed by atoms with Gasteiger partial charge in [-0.15, -0.1) is 11.8 Å². The number of thioether (sulfide) groups is 1. The first kappa shape index (κ1) is 14.7. The topological polar surface area (TPSA) is 25.2 Å². The fourth-order valence-electron chi connectivity index (χ4n) is 1.67. The van der Waals surface area contributed by atoms with E-state index in [1.54, 1.807) is 6.26 Å². The molecule has 98 valence electrons. The minimum atomic E-state index is 0.628. The molecule has 0 aliphatic carbocycles. The number of hydrogen-bond donors (Lipinski definition) is 1. The summed E-state index contributed by atoms with van der Waals surface area (Å²) in [5.41, 5.74) is 0. The molecule has 0 amide bonds. The summed E-state index contributed by atoms with van der Waals surface area (Å²) >= 11 is 1.86. The first-order valence-corrected chi connectivity index (χ1v) is 7.48. The summed E-state index contributed by atoms with van der Waals surface area (Å²) in [6.45, 7) is 9.92. The van der Waals surface area contributed by atoms with Crippen molar-refractivity contribution in [3.05, 3.63) is 18.1 Å². The lowest BCUT2D eigenvalue weighted by atomic mass is 10.0. The zero-order chi connectivity index (χ0) is 12.7. The highest BCUT2D eigenvalue weighted by atomic mass is 32.2. The van der Waals surface area contributed by atoms with Crippen LogP contribution in [0.2, 0.25) is 0 Å². The van der Waals surface area contributed by atoms with E-state index >= 15 is 0 Å². The van der Waals surface area contributed by atoms with Crippen LogP contribution < -0.4 is 5.32 Å². The molecule has 2 nitrogen and oxygen atoms in total. The van der Waals surface area contributed by atoms with Crippen LogP contribution in [0, 0.1) is 12.8 Å². The minimum Gasteiger partial charge on any atom is -0.468 e. The molecule has 3 heteroatoms. The van der Waals surface area contributed by atoms with Gasteiger partial charge in [0.05, 0.1) is 6.26 Å². The summed E-state index contributed by atoms with van der Waals surface area (Å²) in [5, 5.41) is 3.57. The van der Waals surface area contributed by atoms with Crippen LogP contribution >= 0.6 is 11.8 Å². The summed E-state index contributed by atoms with van der Waals surface area (Å²) in [5.74, 6) is 2.94. The molecule has 0 aromatic carbocycles. The second-order valence-corrected chi connectivity index (χ2v) is 6.15. The maximum absolute atomic E-state index is 5.27. The van der Waals surface area contributed by atoms with E-state index in [1.807, 2.05) is 24.8 Å². The molecule has 1 aromatic heterocycles. The maximum Gasteiger partial charge on any atom is 0.114 e. The van der Waals surface area contributed by atoms with Gasteiger partial charge < -0.3 is 9.73 Å². The lowest BCUT2D eigenvalue weighted by Crippen LogP contribution is -2.28. The smallest absolute Gasteiger partial charge is 0.114 e. The lowest BCUT2D eigenvalue weighted by molar-refractivity contribution is 0.460. The molecule has 0 saturated carbocycles. The van der Waals surface area contributed by atoms with E-state index in [0.717, 1.165) is 24.0 Å². The van der Waals surface area contributed by atoms with Gasteiger partial charge in [-0.25, -0.2) is 0 Å². The molecule has 0 aliphatic heterocycles. The van der Waals surface area contributed by atoms with Crippen molar-refractivity contribution in [2.75, 3.05) is 12.3 Å². The fourth-order valence-corrected chi connectivity index (χ4v) is 2.52. The van der Waals surface area contributed by atoms with E-state index in [1.165, 1.54) is 17.7 Å². The van der Waals surface area contributed by atoms with Crippen LogP contribution in [-0.4, -0.2) is 18.3 Å². The molecule has 0 aliphatic rings. The van der Waals surface area contributed by atoms with Crippen molar-refractivity contribution in [1.29, 1.82) is 0 Å². The summed E-state index contributed by atoms with van der Waals surface area (Å²) in [6.07, 6.45) is 4.34. The molecule has 1 unspecified atom stereocenters. The van der Waals surface area contributed by atoms with E-state index in [2.05, 4.69) is 26.1 Å². The Morgan fingerprint density at radius 2 is 2.06 bits per heavy atom. The second-order valence-electron chi connectivity index (χ2n) is 5.02. The van der Waals surface area contributed by atoms with E-state index in [0.29, 0.717) is 6.04 Å². The lowest BCUT2D eigenvalue weighted by Gasteiger charge is -2.14. The van der Waals surface area contributed by atoms with Crippen molar-refractivity contribution in [2.24, 2.45) is 5.92 Å². The highest BCUT2D eigenvalue weighted by molar-refractivity contribution is 7.99. The van der Waals surface area contributed by atoms with Gasteiger partial charge in [0.15, 0.2) is 0 Å². The average molecular weight is 255 g/mol. The third-order valence-electron chi connectivity index (χ3n) is 2.84. The molecule has 1 N–H and O–H groups in total. The van der Waals surface area contributed by atoms with Crippen molar-refractivity contribution in [3.63, 3.8) is 0 Å². The standard InChI is InChI=1S/C14H25NOS/c1-11(2)5-6-12(3)15-8-10-17-14-7-9-16-13(14)4/h7,9,11-12,15H,5-6,8,10H2,1-4H3. The number of nitrogens with one attached hydrogen (secondary N) is 1. The average Bonchev–Trinajstić information content (AvgIpc) is 2.68. The highest BCUT2D eigenvalue weighted by Gasteiger charge is 2.04. The normalized spacial score (nSPS) is 13.2. The summed E-state index contributed by atoms with van der Waals surface area (Å²) in [4.78, 5) is 1.27. The van der Waals surface area contributed by atoms with Gasteiger partial charge in [-0.2, -0.15) is 0 Å². The molecule has 0 fully saturated rings. The Morgan fingerprint density at radius 1 is 1.29 bits per heavy atom. The summed E-state index contributed by atoms with van der Waals surface area (Å²) < 4.78 is 5.27. The number of aryl methyl sites for hydroxylation is 1. The zero-order valence-electron chi connectivity index (χ0n) is 11.5. The Labute approximate surface area is 110 Å². The molecule has 1 atom stereocenters.